The molecule has 0 aromatic heterocycles. The average Bonchev–Trinajstić information content (AvgIpc) is 2.35. The Hall–Kier alpha value is -1.91. The summed E-state index contributed by atoms with van der Waals surface area (Å²) >= 11 is 0. The lowest BCUT2D eigenvalue weighted by atomic mass is 10.2. The second kappa shape index (κ2) is 5.98. The fourth-order valence-electron chi connectivity index (χ4n) is 1.17. The highest BCUT2D eigenvalue weighted by Gasteiger charge is 2.10. The average molecular weight is 239 g/mol. The van der Waals surface area contributed by atoms with Crippen molar-refractivity contribution < 1.29 is 18.7 Å². The Bertz CT molecular complexity index is 420. The van der Waals surface area contributed by atoms with Crippen LogP contribution < -0.4 is 4.74 Å². The molecule has 0 atom stereocenters. The molecule has 0 radical (unpaired) electrons. The Kier molecular flexibility index (Phi) is 4.63. The summed E-state index contributed by atoms with van der Waals surface area (Å²) in [5.41, 5.74) is 0.0944. The van der Waals surface area contributed by atoms with E-state index in [1.54, 1.807) is 7.05 Å². The zero-order valence-electron chi connectivity index (χ0n) is 9.77. The van der Waals surface area contributed by atoms with E-state index in [2.05, 4.69) is 0 Å². The monoisotopic (exact) mass is 239 g/mol. The maximum absolute atomic E-state index is 12.8. The van der Waals surface area contributed by atoms with E-state index in [0.29, 0.717) is 12.8 Å². The summed E-state index contributed by atoms with van der Waals surface area (Å²) in [5, 5.41) is 0. The van der Waals surface area contributed by atoms with Crippen molar-refractivity contribution in [2.75, 3.05) is 20.2 Å². The van der Waals surface area contributed by atoms with Gasteiger partial charge >= 0.3 is 0 Å². The molecule has 0 saturated carbocycles. The van der Waals surface area contributed by atoms with Crippen LogP contribution in [0.25, 0.3) is 0 Å². The molecule has 0 bridgehead atoms. The van der Waals surface area contributed by atoms with E-state index >= 15 is 0 Å². The molecule has 17 heavy (non-hydrogen) atoms. The first kappa shape index (κ1) is 13.2. The number of carbonyl (C=O) groups is 2. The van der Waals surface area contributed by atoms with E-state index < -0.39 is 5.82 Å². The summed E-state index contributed by atoms with van der Waals surface area (Å²) in [6.07, 6.45) is 0.492. The largest absolute Gasteiger partial charge is 0.483 e. The van der Waals surface area contributed by atoms with Gasteiger partial charge in [-0.3, -0.25) is 9.59 Å². The first-order chi connectivity index (χ1) is 8.08. The van der Waals surface area contributed by atoms with E-state index in [9.17, 15) is 14.0 Å². The van der Waals surface area contributed by atoms with Gasteiger partial charge in [-0.1, -0.05) is 0 Å². The number of hydrogen-bond acceptors (Lipinski definition) is 3. The van der Waals surface area contributed by atoms with Crippen molar-refractivity contribution in [3.63, 3.8) is 0 Å². The molecule has 0 aliphatic rings. The number of benzene rings is 1. The highest BCUT2D eigenvalue weighted by atomic mass is 19.1. The van der Waals surface area contributed by atoms with Crippen molar-refractivity contribution >= 4 is 12.2 Å². The molecule has 0 fully saturated rings. The van der Waals surface area contributed by atoms with Gasteiger partial charge in [-0.25, -0.2) is 4.39 Å². The summed E-state index contributed by atoms with van der Waals surface area (Å²) in [7, 11) is 1.65. The van der Waals surface area contributed by atoms with Crippen LogP contribution in [0.2, 0.25) is 0 Å². The number of halogens is 1. The highest BCUT2D eigenvalue weighted by Crippen LogP contribution is 2.17. The normalized spacial score (nSPS) is 9.82. The summed E-state index contributed by atoms with van der Waals surface area (Å²) in [4.78, 5) is 23.6. The third kappa shape index (κ3) is 3.55. The molecule has 0 N–H and O–H groups in total. The Morgan fingerprint density at radius 1 is 1.53 bits per heavy atom. The minimum atomic E-state index is -0.517. The molecule has 0 heterocycles. The Labute approximate surface area is 99.0 Å². The summed E-state index contributed by atoms with van der Waals surface area (Å²) in [5.74, 6) is -0.510. The topological polar surface area (TPSA) is 46.6 Å². The zero-order valence-corrected chi connectivity index (χ0v) is 9.77. The zero-order chi connectivity index (χ0) is 12.8. The molecule has 1 aromatic rings. The minimum absolute atomic E-state index is 0.0944. The van der Waals surface area contributed by atoms with Crippen molar-refractivity contribution in [3.8, 4) is 5.75 Å². The lowest BCUT2D eigenvalue weighted by Gasteiger charge is -2.15. The number of carbonyl (C=O) groups excluding carboxylic acids is 2. The predicted molar refractivity (Wildman–Crippen MR) is 60.6 cm³/mol. The quantitative estimate of drug-likeness (QED) is 0.731. The van der Waals surface area contributed by atoms with Crippen LogP contribution in [0.5, 0.6) is 5.75 Å². The number of ether oxygens (including phenoxy) is 1. The van der Waals surface area contributed by atoms with Gasteiger partial charge in [0.25, 0.3) is 5.91 Å². The van der Waals surface area contributed by atoms with Gasteiger partial charge in [0.1, 0.15) is 11.6 Å². The molecule has 1 rings (SSSR count). The number of hydrogen-bond donors (Lipinski definition) is 0. The molecule has 0 aliphatic heterocycles. The van der Waals surface area contributed by atoms with Crippen molar-refractivity contribution in [1.29, 1.82) is 0 Å². The standard InChI is InChI=1S/C12H14FNO3/c1-3-14(2)12(16)8-17-11-5-4-10(13)6-9(11)7-15/h4-7H,3,8H2,1-2H3. The van der Waals surface area contributed by atoms with Crippen LogP contribution in [-0.4, -0.2) is 37.3 Å². The number of rotatable bonds is 5. The van der Waals surface area contributed by atoms with Crippen molar-refractivity contribution in [3.05, 3.63) is 29.6 Å². The molecule has 0 aliphatic carbocycles. The fourth-order valence-corrected chi connectivity index (χ4v) is 1.17. The molecule has 1 aromatic carbocycles. The van der Waals surface area contributed by atoms with E-state index in [4.69, 9.17) is 4.74 Å². The molecular formula is C12H14FNO3. The molecule has 92 valence electrons. The number of aldehydes is 1. The van der Waals surface area contributed by atoms with Crippen LogP contribution in [-0.2, 0) is 4.79 Å². The maximum atomic E-state index is 12.8. The van der Waals surface area contributed by atoms with Crippen molar-refractivity contribution in [2.45, 2.75) is 6.92 Å². The highest BCUT2D eigenvalue weighted by molar-refractivity contribution is 5.80. The van der Waals surface area contributed by atoms with Gasteiger partial charge in [0.05, 0.1) is 5.56 Å². The Morgan fingerprint density at radius 3 is 2.82 bits per heavy atom. The summed E-state index contributed by atoms with van der Waals surface area (Å²) < 4.78 is 18.0. The maximum Gasteiger partial charge on any atom is 0.260 e. The molecular weight excluding hydrogens is 225 g/mol. The molecule has 5 heteroatoms. The first-order valence-corrected chi connectivity index (χ1v) is 5.20. The van der Waals surface area contributed by atoms with Crippen LogP contribution in [0, 0.1) is 5.82 Å². The first-order valence-electron chi connectivity index (χ1n) is 5.20. The Balaban J connectivity index is 2.69. The smallest absolute Gasteiger partial charge is 0.260 e. The second-order valence-electron chi connectivity index (χ2n) is 3.50. The van der Waals surface area contributed by atoms with Crippen LogP contribution in [0.1, 0.15) is 17.3 Å². The van der Waals surface area contributed by atoms with E-state index in [1.807, 2.05) is 6.92 Å². The molecule has 0 spiro atoms. The molecule has 4 nitrogen and oxygen atoms in total. The van der Waals surface area contributed by atoms with Gasteiger partial charge in [-0.15, -0.1) is 0 Å². The third-order valence-corrected chi connectivity index (χ3v) is 2.35. The van der Waals surface area contributed by atoms with Gasteiger partial charge < -0.3 is 9.64 Å². The van der Waals surface area contributed by atoms with Crippen molar-refractivity contribution in [2.24, 2.45) is 0 Å². The van der Waals surface area contributed by atoms with Gasteiger partial charge in [0.15, 0.2) is 12.9 Å². The van der Waals surface area contributed by atoms with Crippen LogP contribution in [0.4, 0.5) is 4.39 Å². The van der Waals surface area contributed by atoms with Gasteiger partial charge in [-0.2, -0.15) is 0 Å². The van der Waals surface area contributed by atoms with Crippen LogP contribution in [0.15, 0.2) is 18.2 Å². The lowest BCUT2D eigenvalue weighted by molar-refractivity contribution is -0.131. The number of nitrogens with zero attached hydrogens (tertiary/aromatic N) is 1. The van der Waals surface area contributed by atoms with E-state index in [-0.39, 0.29) is 23.8 Å². The molecule has 1 amide bonds. The van der Waals surface area contributed by atoms with E-state index in [1.165, 1.54) is 17.0 Å². The van der Waals surface area contributed by atoms with Gasteiger partial charge in [-0.05, 0) is 25.1 Å². The molecule has 0 unspecified atom stereocenters. The third-order valence-electron chi connectivity index (χ3n) is 2.35. The van der Waals surface area contributed by atoms with Gasteiger partial charge in [0.2, 0.25) is 0 Å². The number of likely N-dealkylation sites (N-methyl/N-ethyl adjacent to an activating group) is 1. The Morgan fingerprint density at radius 2 is 2.24 bits per heavy atom. The van der Waals surface area contributed by atoms with Gasteiger partial charge in [0, 0.05) is 13.6 Å². The lowest BCUT2D eigenvalue weighted by Crippen LogP contribution is -2.31. The number of amides is 1. The summed E-state index contributed by atoms with van der Waals surface area (Å²) in [6.45, 7) is 2.25. The summed E-state index contributed by atoms with van der Waals surface area (Å²) in [6, 6.07) is 3.57. The van der Waals surface area contributed by atoms with Crippen LogP contribution in [0.3, 0.4) is 0 Å². The fraction of sp³-hybridized carbons (Fsp3) is 0.333. The SMILES string of the molecule is CCN(C)C(=O)COc1ccc(F)cc1C=O. The van der Waals surface area contributed by atoms with E-state index in [0.717, 1.165) is 6.07 Å². The van der Waals surface area contributed by atoms with Crippen molar-refractivity contribution in [1.82, 2.24) is 4.90 Å². The van der Waals surface area contributed by atoms with Crippen LogP contribution >= 0.6 is 0 Å². The predicted octanol–water partition coefficient (Wildman–Crippen LogP) is 1.50. The second-order valence-corrected chi connectivity index (χ2v) is 3.50. The minimum Gasteiger partial charge on any atom is -0.483 e. The molecule has 0 saturated heterocycles.